The number of imidazole rings is 1. The average Bonchev–Trinajstić information content (AvgIpc) is 2.56. The lowest BCUT2D eigenvalue weighted by atomic mass is 10.5. The third-order valence-corrected chi connectivity index (χ3v) is 2.78. The van der Waals surface area contributed by atoms with E-state index in [2.05, 4.69) is 9.17 Å². The second-order valence-corrected chi connectivity index (χ2v) is 4.57. The number of fused-ring (bicyclic) bond motifs is 1. The van der Waals surface area contributed by atoms with Crippen LogP contribution in [0.1, 0.15) is 0 Å². The molecule has 0 amide bonds. The van der Waals surface area contributed by atoms with Crippen LogP contribution in [0.3, 0.4) is 0 Å². The highest BCUT2D eigenvalue weighted by molar-refractivity contribution is 7.87. The topological polar surface area (TPSA) is 60.7 Å². The van der Waals surface area contributed by atoms with E-state index in [1.165, 1.54) is 16.7 Å². The molecule has 0 saturated carbocycles. The Morgan fingerprint density at radius 3 is 2.59 bits per heavy atom. The molecule has 0 fully saturated rings. The Hall–Kier alpha value is -1.77. The molecule has 0 bridgehead atoms. The van der Waals surface area contributed by atoms with Crippen molar-refractivity contribution >= 4 is 15.8 Å². The molecule has 0 aromatic carbocycles. The Morgan fingerprint density at radius 1 is 1.29 bits per heavy atom. The molecule has 0 N–H and O–H groups in total. The summed E-state index contributed by atoms with van der Waals surface area (Å²) in [6.07, 6.45) is 2.54. The zero-order chi connectivity index (χ0) is 12.7. The molecule has 2 aromatic rings. The number of pyridine rings is 1. The van der Waals surface area contributed by atoms with Crippen molar-refractivity contribution < 1.29 is 25.8 Å². The van der Waals surface area contributed by atoms with Gasteiger partial charge in [0.15, 0.2) is 0 Å². The number of hydrogen-bond acceptors (Lipinski definition) is 4. The van der Waals surface area contributed by atoms with Crippen molar-refractivity contribution in [2.24, 2.45) is 0 Å². The summed E-state index contributed by atoms with van der Waals surface area (Å²) in [6, 6.07) is 4.70. The molecule has 2 rings (SSSR count). The molecule has 9 heteroatoms. The van der Waals surface area contributed by atoms with Crippen molar-refractivity contribution in [2.45, 2.75) is 5.51 Å². The lowest BCUT2D eigenvalue weighted by Gasteiger charge is -2.06. The first kappa shape index (κ1) is 11.7. The highest BCUT2D eigenvalue weighted by Crippen LogP contribution is 2.26. The summed E-state index contributed by atoms with van der Waals surface area (Å²) in [7, 11) is -5.67. The number of hydrogen-bond donors (Lipinski definition) is 0. The van der Waals surface area contributed by atoms with Crippen molar-refractivity contribution in [3.8, 4) is 5.88 Å². The minimum absolute atomic E-state index is 0.278. The van der Waals surface area contributed by atoms with Gasteiger partial charge in [0.05, 0.1) is 6.20 Å². The summed E-state index contributed by atoms with van der Waals surface area (Å²) >= 11 is 0. The Kier molecular flexibility index (Phi) is 2.49. The normalized spacial score (nSPS) is 12.9. The summed E-state index contributed by atoms with van der Waals surface area (Å²) in [6.45, 7) is 0. The van der Waals surface area contributed by atoms with Gasteiger partial charge >= 0.3 is 15.6 Å². The number of rotatable bonds is 2. The Bertz CT molecular complexity index is 614. The third-order valence-electron chi connectivity index (χ3n) is 1.82. The van der Waals surface area contributed by atoms with E-state index in [0.717, 1.165) is 6.20 Å². The van der Waals surface area contributed by atoms with Gasteiger partial charge in [-0.25, -0.2) is 0 Å². The van der Waals surface area contributed by atoms with Gasteiger partial charge in [0.25, 0.3) is 5.88 Å². The van der Waals surface area contributed by atoms with Crippen LogP contribution in [0.4, 0.5) is 13.2 Å². The molecule has 0 saturated heterocycles. The van der Waals surface area contributed by atoms with Crippen molar-refractivity contribution in [2.75, 3.05) is 0 Å². The molecule has 0 radical (unpaired) electrons. The van der Waals surface area contributed by atoms with Crippen LogP contribution in [0.25, 0.3) is 5.65 Å². The van der Waals surface area contributed by atoms with Crippen LogP contribution in [0, 0.1) is 0 Å². The van der Waals surface area contributed by atoms with Crippen molar-refractivity contribution in [3.63, 3.8) is 0 Å². The van der Waals surface area contributed by atoms with Gasteiger partial charge in [0.2, 0.25) is 0 Å². The van der Waals surface area contributed by atoms with Gasteiger partial charge in [-0.15, -0.1) is 0 Å². The minimum Gasteiger partial charge on any atom is -0.354 e. The van der Waals surface area contributed by atoms with E-state index >= 15 is 0 Å². The summed E-state index contributed by atoms with van der Waals surface area (Å²) in [5.74, 6) is -0.631. The minimum atomic E-state index is -5.67. The Morgan fingerprint density at radius 2 is 2.00 bits per heavy atom. The molecule has 5 nitrogen and oxygen atoms in total. The van der Waals surface area contributed by atoms with Gasteiger partial charge in [0.1, 0.15) is 5.65 Å². The summed E-state index contributed by atoms with van der Waals surface area (Å²) in [5.41, 5.74) is -5.19. The maximum absolute atomic E-state index is 12.0. The van der Waals surface area contributed by atoms with E-state index in [1.807, 2.05) is 0 Å². The van der Waals surface area contributed by atoms with Crippen molar-refractivity contribution in [1.29, 1.82) is 0 Å². The summed E-state index contributed by atoms with van der Waals surface area (Å²) in [5, 5.41) is 0. The third kappa shape index (κ3) is 2.18. The predicted molar refractivity (Wildman–Crippen MR) is 50.8 cm³/mol. The molecule has 2 heterocycles. The number of alkyl halides is 3. The van der Waals surface area contributed by atoms with Crippen LogP contribution in [-0.2, 0) is 10.1 Å². The van der Waals surface area contributed by atoms with E-state index < -0.39 is 21.5 Å². The van der Waals surface area contributed by atoms with Gasteiger partial charge < -0.3 is 8.58 Å². The van der Waals surface area contributed by atoms with Gasteiger partial charge in [-0.2, -0.15) is 26.6 Å². The molecule has 92 valence electrons. The number of nitrogens with zero attached hydrogens (tertiary/aromatic N) is 2. The largest absolute Gasteiger partial charge is 0.534 e. The molecule has 0 spiro atoms. The fourth-order valence-electron chi connectivity index (χ4n) is 1.11. The van der Waals surface area contributed by atoms with E-state index in [4.69, 9.17) is 0 Å². The Labute approximate surface area is 93.6 Å². The lowest BCUT2D eigenvalue weighted by molar-refractivity contribution is -0.0501. The second-order valence-electron chi connectivity index (χ2n) is 3.03. The summed E-state index contributed by atoms with van der Waals surface area (Å²) < 4.78 is 62.7. The first-order valence-corrected chi connectivity index (χ1v) is 5.65. The smallest absolute Gasteiger partial charge is 0.354 e. The molecular formula is C8H5F3N2O3S. The predicted octanol–water partition coefficient (Wildman–Crippen LogP) is 1.56. The molecule has 0 aliphatic heterocycles. The summed E-state index contributed by atoms with van der Waals surface area (Å²) in [4.78, 5) is 3.57. The van der Waals surface area contributed by atoms with Crippen molar-refractivity contribution in [1.82, 2.24) is 9.38 Å². The second kappa shape index (κ2) is 3.62. The van der Waals surface area contributed by atoms with Crippen LogP contribution in [-0.4, -0.2) is 23.3 Å². The highest BCUT2D eigenvalue weighted by Gasteiger charge is 2.49. The van der Waals surface area contributed by atoms with Crippen LogP contribution in [0.2, 0.25) is 0 Å². The van der Waals surface area contributed by atoms with Gasteiger partial charge in [0, 0.05) is 6.20 Å². The quantitative estimate of drug-likeness (QED) is 0.611. The SMILES string of the molecule is O=S(=O)(Oc1cn2ccccc2n1)C(F)(F)F. The fourth-order valence-corrected chi connectivity index (χ4v) is 1.51. The van der Waals surface area contributed by atoms with Crippen LogP contribution >= 0.6 is 0 Å². The molecule has 17 heavy (non-hydrogen) atoms. The lowest BCUT2D eigenvalue weighted by Crippen LogP contribution is -2.28. The van der Waals surface area contributed by atoms with Crippen LogP contribution in [0.5, 0.6) is 5.88 Å². The number of aromatic nitrogens is 2. The number of halogens is 3. The van der Waals surface area contributed by atoms with Gasteiger partial charge in [-0.3, -0.25) is 0 Å². The molecular weight excluding hydrogens is 261 g/mol. The zero-order valence-corrected chi connectivity index (χ0v) is 8.86. The van der Waals surface area contributed by atoms with E-state index in [1.54, 1.807) is 12.1 Å². The van der Waals surface area contributed by atoms with Crippen molar-refractivity contribution in [3.05, 3.63) is 30.6 Å². The first-order chi connectivity index (χ1) is 7.79. The molecule has 0 atom stereocenters. The molecule has 0 aliphatic carbocycles. The maximum Gasteiger partial charge on any atom is 0.534 e. The van der Waals surface area contributed by atoms with Crippen LogP contribution in [0.15, 0.2) is 30.6 Å². The van der Waals surface area contributed by atoms with Gasteiger partial charge in [-0.05, 0) is 12.1 Å². The fraction of sp³-hybridized carbons (Fsp3) is 0.125. The molecule has 0 aliphatic rings. The highest BCUT2D eigenvalue weighted by atomic mass is 32.2. The zero-order valence-electron chi connectivity index (χ0n) is 8.05. The Balaban J connectivity index is 2.37. The average molecular weight is 266 g/mol. The van der Waals surface area contributed by atoms with E-state index in [-0.39, 0.29) is 5.65 Å². The monoisotopic (exact) mass is 266 g/mol. The van der Waals surface area contributed by atoms with Gasteiger partial charge in [-0.1, -0.05) is 6.07 Å². The first-order valence-electron chi connectivity index (χ1n) is 4.24. The molecule has 0 unspecified atom stereocenters. The van der Waals surface area contributed by atoms with E-state index in [9.17, 15) is 21.6 Å². The maximum atomic E-state index is 12.0. The van der Waals surface area contributed by atoms with E-state index in [0.29, 0.717) is 0 Å². The van der Waals surface area contributed by atoms with Crippen LogP contribution < -0.4 is 4.18 Å². The molecule has 2 aromatic heterocycles. The standard InChI is InChI=1S/C8H5F3N2O3S/c9-8(10,11)17(14,15)16-7-5-13-4-2-1-3-6(13)12-7/h1-5H.